The van der Waals surface area contributed by atoms with Gasteiger partial charge in [0.25, 0.3) is 5.91 Å². The first-order chi connectivity index (χ1) is 14.2. The van der Waals surface area contributed by atoms with Crippen LogP contribution in [-0.2, 0) is 14.3 Å². The average Bonchev–Trinajstić information content (AvgIpc) is 2.72. The number of hydrogen-bond donors (Lipinski definition) is 1. The number of nitrogens with one attached hydrogen (secondary N) is 1. The van der Waals surface area contributed by atoms with Crippen molar-refractivity contribution in [1.82, 2.24) is 10.2 Å². The summed E-state index contributed by atoms with van der Waals surface area (Å²) in [6.07, 6.45) is 2.68. The van der Waals surface area contributed by atoms with E-state index in [2.05, 4.69) is 10.3 Å². The SMILES string of the molecule is CN(C#N)C(=O)C(CC(C)(C)C)N=C(NC(=O)OC1CCOCC1)c1ccccc1. The molecule has 1 aliphatic heterocycles. The third-order valence-electron chi connectivity index (χ3n) is 4.57. The van der Waals surface area contributed by atoms with Gasteiger partial charge in [-0.1, -0.05) is 51.1 Å². The Labute approximate surface area is 177 Å². The maximum atomic E-state index is 12.8. The topological polar surface area (TPSA) is 104 Å². The number of amides is 2. The van der Waals surface area contributed by atoms with E-state index >= 15 is 0 Å². The molecule has 8 heteroatoms. The number of benzene rings is 1. The molecule has 8 nitrogen and oxygen atoms in total. The fraction of sp³-hybridized carbons (Fsp3) is 0.545. The fourth-order valence-corrected chi connectivity index (χ4v) is 3.04. The van der Waals surface area contributed by atoms with Gasteiger partial charge in [0, 0.05) is 25.5 Å². The van der Waals surface area contributed by atoms with Crippen LogP contribution in [-0.4, -0.2) is 55.1 Å². The largest absolute Gasteiger partial charge is 0.446 e. The van der Waals surface area contributed by atoms with E-state index in [1.165, 1.54) is 7.05 Å². The number of amidine groups is 1. The van der Waals surface area contributed by atoms with Crippen molar-refractivity contribution in [2.45, 2.75) is 52.2 Å². The van der Waals surface area contributed by atoms with Crippen LogP contribution in [0.3, 0.4) is 0 Å². The lowest BCUT2D eigenvalue weighted by atomic mass is 9.88. The predicted octanol–water partition coefficient (Wildman–Crippen LogP) is 3.08. The van der Waals surface area contributed by atoms with Crippen molar-refractivity contribution < 1.29 is 19.1 Å². The second-order valence-corrected chi connectivity index (χ2v) is 8.46. The molecule has 30 heavy (non-hydrogen) atoms. The Balaban J connectivity index is 2.30. The summed E-state index contributed by atoms with van der Waals surface area (Å²) < 4.78 is 10.8. The molecule has 1 N–H and O–H groups in total. The van der Waals surface area contributed by atoms with Crippen LogP contribution in [0.15, 0.2) is 35.3 Å². The van der Waals surface area contributed by atoms with Gasteiger partial charge >= 0.3 is 6.09 Å². The highest BCUT2D eigenvalue weighted by molar-refractivity contribution is 6.07. The maximum Gasteiger partial charge on any atom is 0.413 e. The first-order valence-corrected chi connectivity index (χ1v) is 10.1. The number of ether oxygens (including phenoxy) is 2. The molecule has 0 aromatic heterocycles. The zero-order valence-corrected chi connectivity index (χ0v) is 18.1. The molecule has 1 heterocycles. The molecular formula is C22H30N4O4. The van der Waals surface area contributed by atoms with Crippen LogP contribution in [0.4, 0.5) is 4.79 Å². The lowest BCUT2D eigenvalue weighted by molar-refractivity contribution is -0.129. The maximum absolute atomic E-state index is 12.8. The standard InChI is InChI=1S/C22H30N4O4/c1-22(2,3)14-18(20(27)26(4)15-23)24-19(16-8-6-5-7-9-16)25-21(28)30-17-10-12-29-13-11-17/h5-9,17-18H,10-14H2,1-4H3,(H,24,25,28). The Morgan fingerprint density at radius 2 is 1.93 bits per heavy atom. The summed E-state index contributed by atoms with van der Waals surface area (Å²) in [5.41, 5.74) is 0.428. The third kappa shape index (κ3) is 7.48. The molecule has 1 aromatic carbocycles. The predicted molar refractivity (Wildman–Crippen MR) is 113 cm³/mol. The summed E-state index contributed by atoms with van der Waals surface area (Å²) in [5.74, 6) is -0.193. The van der Waals surface area contributed by atoms with Crippen molar-refractivity contribution >= 4 is 17.8 Å². The number of likely N-dealkylation sites (N-methyl/N-ethyl adjacent to an activating group) is 1. The smallest absolute Gasteiger partial charge is 0.413 e. The summed E-state index contributed by atoms with van der Waals surface area (Å²) in [6.45, 7) is 7.08. The summed E-state index contributed by atoms with van der Waals surface area (Å²) in [6, 6.07) is 8.24. The second kappa shape index (κ2) is 10.7. The quantitative estimate of drug-likeness (QED) is 0.345. The van der Waals surface area contributed by atoms with Gasteiger partial charge in [0.05, 0.1) is 13.2 Å². The van der Waals surface area contributed by atoms with Crippen LogP contribution >= 0.6 is 0 Å². The van der Waals surface area contributed by atoms with Gasteiger partial charge in [-0.2, -0.15) is 5.26 Å². The van der Waals surface area contributed by atoms with E-state index in [1.54, 1.807) is 12.1 Å². The minimum Gasteiger partial charge on any atom is -0.446 e. The van der Waals surface area contributed by atoms with E-state index in [4.69, 9.17) is 14.7 Å². The van der Waals surface area contributed by atoms with Crippen molar-refractivity contribution in [3.63, 3.8) is 0 Å². The van der Waals surface area contributed by atoms with Crippen molar-refractivity contribution in [1.29, 1.82) is 5.26 Å². The van der Waals surface area contributed by atoms with Gasteiger partial charge in [0.2, 0.25) is 0 Å². The number of nitrogens with zero attached hydrogens (tertiary/aromatic N) is 3. The molecule has 1 aliphatic rings. The Kier molecular flexibility index (Phi) is 8.36. The van der Waals surface area contributed by atoms with Crippen LogP contribution in [0.25, 0.3) is 0 Å². The van der Waals surface area contributed by atoms with Crippen LogP contribution in [0.1, 0.15) is 45.6 Å². The number of hydrogen-bond acceptors (Lipinski definition) is 6. The number of nitriles is 1. The molecule has 2 rings (SSSR count). The third-order valence-corrected chi connectivity index (χ3v) is 4.57. The summed E-state index contributed by atoms with van der Waals surface area (Å²) in [7, 11) is 1.41. The Morgan fingerprint density at radius 1 is 1.30 bits per heavy atom. The Bertz CT molecular complexity index is 790. The molecule has 2 amide bonds. The Hall–Kier alpha value is -2.92. The molecule has 0 spiro atoms. The molecule has 1 aromatic rings. The number of rotatable bonds is 5. The van der Waals surface area contributed by atoms with Crippen molar-refractivity contribution in [2.24, 2.45) is 10.4 Å². The first-order valence-electron chi connectivity index (χ1n) is 10.1. The molecule has 1 unspecified atom stereocenters. The minimum absolute atomic E-state index is 0.215. The van der Waals surface area contributed by atoms with Gasteiger partial charge in [-0.15, -0.1) is 0 Å². The monoisotopic (exact) mass is 414 g/mol. The first kappa shape index (κ1) is 23.4. The minimum atomic E-state index is -0.826. The molecule has 1 saturated heterocycles. The molecule has 0 radical (unpaired) electrons. The molecular weight excluding hydrogens is 384 g/mol. The second-order valence-electron chi connectivity index (χ2n) is 8.46. The van der Waals surface area contributed by atoms with Gasteiger partial charge in [-0.3, -0.25) is 20.0 Å². The van der Waals surface area contributed by atoms with E-state index in [1.807, 2.05) is 45.2 Å². The van der Waals surface area contributed by atoms with E-state index < -0.39 is 18.0 Å². The number of carbonyl (C=O) groups excluding carboxylic acids is 2. The van der Waals surface area contributed by atoms with Gasteiger partial charge in [-0.05, 0) is 11.8 Å². The van der Waals surface area contributed by atoms with Gasteiger partial charge in [0.15, 0.2) is 6.19 Å². The fourth-order valence-electron chi connectivity index (χ4n) is 3.04. The number of carbonyl (C=O) groups is 2. The van der Waals surface area contributed by atoms with E-state index in [0.29, 0.717) is 38.0 Å². The van der Waals surface area contributed by atoms with Crippen LogP contribution in [0.5, 0.6) is 0 Å². The van der Waals surface area contributed by atoms with E-state index in [0.717, 1.165) is 4.90 Å². The van der Waals surface area contributed by atoms with Gasteiger partial charge < -0.3 is 9.47 Å². The summed E-state index contributed by atoms with van der Waals surface area (Å²) in [5, 5.41) is 11.8. The summed E-state index contributed by atoms with van der Waals surface area (Å²) in [4.78, 5) is 30.8. The lowest BCUT2D eigenvalue weighted by Gasteiger charge is -2.25. The highest BCUT2D eigenvalue weighted by Crippen LogP contribution is 2.24. The van der Waals surface area contributed by atoms with E-state index in [-0.39, 0.29) is 17.4 Å². The highest BCUT2D eigenvalue weighted by atomic mass is 16.6. The molecule has 0 bridgehead atoms. The summed E-state index contributed by atoms with van der Waals surface area (Å²) >= 11 is 0. The number of alkyl carbamates (subject to hydrolysis) is 1. The molecule has 1 atom stereocenters. The van der Waals surface area contributed by atoms with Crippen LogP contribution in [0.2, 0.25) is 0 Å². The van der Waals surface area contributed by atoms with E-state index in [9.17, 15) is 9.59 Å². The van der Waals surface area contributed by atoms with Crippen molar-refractivity contribution in [3.05, 3.63) is 35.9 Å². The molecule has 1 fully saturated rings. The number of aliphatic imine (C=N–C) groups is 1. The highest BCUT2D eigenvalue weighted by Gasteiger charge is 2.28. The average molecular weight is 415 g/mol. The van der Waals surface area contributed by atoms with Crippen LogP contribution in [0, 0.1) is 16.9 Å². The molecule has 162 valence electrons. The zero-order valence-electron chi connectivity index (χ0n) is 18.1. The van der Waals surface area contributed by atoms with Gasteiger partial charge in [-0.25, -0.2) is 4.79 Å². The normalized spacial score (nSPS) is 16.3. The molecule has 0 saturated carbocycles. The van der Waals surface area contributed by atoms with Crippen molar-refractivity contribution in [3.8, 4) is 6.19 Å². The lowest BCUT2D eigenvalue weighted by Crippen LogP contribution is -2.40. The van der Waals surface area contributed by atoms with Crippen LogP contribution < -0.4 is 5.32 Å². The Morgan fingerprint density at radius 3 is 2.50 bits per heavy atom. The molecule has 0 aliphatic carbocycles. The van der Waals surface area contributed by atoms with Gasteiger partial charge in [0.1, 0.15) is 18.0 Å². The zero-order chi connectivity index (χ0) is 22.1. The van der Waals surface area contributed by atoms with Crippen molar-refractivity contribution in [2.75, 3.05) is 20.3 Å².